The number of carbonyl (C=O) groups excluding carboxylic acids is 1. The molecule has 1 aromatic heterocycles. The van der Waals surface area contributed by atoms with Crippen molar-refractivity contribution in [3.63, 3.8) is 0 Å². The SMILES string of the molecule is CN(Cc1ccccc1)C(=O)c1cnc(NCc2ccccc2)cn1. The molecule has 126 valence electrons. The van der Waals surface area contributed by atoms with Crippen LogP contribution in [0.4, 0.5) is 5.82 Å². The molecule has 1 amide bonds. The van der Waals surface area contributed by atoms with Gasteiger partial charge in [-0.1, -0.05) is 60.7 Å². The minimum absolute atomic E-state index is 0.147. The molecule has 0 spiro atoms. The second-order valence-electron chi connectivity index (χ2n) is 5.77. The van der Waals surface area contributed by atoms with E-state index in [1.165, 1.54) is 6.20 Å². The molecule has 2 aromatic carbocycles. The Balaban J connectivity index is 1.58. The van der Waals surface area contributed by atoms with Gasteiger partial charge in [-0.2, -0.15) is 0 Å². The Morgan fingerprint density at radius 3 is 2.16 bits per heavy atom. The van der Waals surface area contributed by atoms with Crippen molar-refractivity contribution >= 4 is 11.7 Å². The monoisotopic (exact) mass is 332 g/mol. The highest BCUT2D eigenvalue weighted by atomic mass is 16.2. The predicted molar refractivity (Wildman–Crippen MR) is 98.0 cm³/mol. The number of hydrogen-bond donors (Lipinski definition) is 1. The van der Waals surface area contributed by atoms with E-state index in [0.717, 1.165) is 11.1 Å². The van der Waals surface area contributed by atoms with E-state index in [0.29, 0.717) is 24.6 Å². The van der Waals surface area contributed by atoms with E-state index >= 15 is 0 Å². The fourth-order valence-electron chi connectivity index (χ4n) is 2.44. The Morgan fingerprint density at radius 2 is 1.56 bits per heavy atom. The van der Waals surface area contributed by atoms with Crippen LogP contribution in [0.3, 0.4) is 0 Å². The molecule has 0 saturated carbocycles. The molecule has 0 aliphatic carbocycles. The van der Waals surface area contributed by atoms with Crippen LogP contribution in [-0.4, -0.2) is 27.8 Å². The quantitative estimate of drug-likeness (QED) is 0.752. The normalized spacial score (nSPS) is 10.3. The third-order valence-corrected chi connectivity index (χ3v) is 3.80. The van der Waals surface area contributed by atoms with Crippen LogP contribution in [0, 0.1) is 0 Å². The molecule has 0 unspecified atom stereocenters. The highest BCUT2D eigenvalue weighted by Crippen LogP contribution is 2.09. The maximum atomic E-state index is 12.4. The standard InChI is InChI=1S/C20H20N4O/c1-24(15-17-10-6-3-7-11-17)20(25)18-13-23-19(14-21-18)22-12-16-8-4-2-5-9-16/h2-11,13-14H,12,15H2,1H3,(H,22,23). The van der Waals surface area contributed by atoms with Crippen molar-refractivity contribution in [3.05, 3.63) is 89.9 Å². The van der Waals surface area contributed by atoms with Crippen LogP contribution in [-0.2, 0) is 13.1 Å². The zero-order valence-corrected chi connectivity index (χ0v) is 14.1. The van der Waals surface area contributed by atoms with E-state index in [-0.39, 0.29) is 5.91 Å². The topological polar surface area (TPSA) is 58.1 Å². The number of benzene rings is 2. The first-order valence-corrected chi connectivity index (χ1v) is 8.11. The Kier molecular flexibility index (Phi) is 5.36. The molecule has 1 N–H and O–H groups in total. The van der Waals surface area contributed by atoms with Gasteiger partial charge in [0.1, 0.15) is 11.5 Å². The zero-order chi connectivity index (χ0) is 17.5. The summed E-state index contributed by atoms with van der Waals surface area (Å²) < 4.78 is 0. The largest absolute Gasteiger partial charge is 0.365 e. The van der Waals surface area contributed by atoms with E-state index < -0.39 is 0 Å². The summed E-state index contributed by atoms with van der Waals surface area (Å²) in [6.45, 7) is 1.20. The fraction of sp³-hybridized carbons (Fsp3) is 0.150. The minimum atomic E-state index is -0.147. The molecule has 3 rings (SSSR count). The lowest BCUT2D eigenvalue weighted by atomic mass is 10.2. The van der Waals surface area contributed by atoms with E-state index in [2.05, 4.69) is 15.3 Å². The number of carbonyl (C=O) groups is 1. The average molecular weight is 332 g/mol. The van der Waals surface area contributed by atoms with E-state index in [9.17, 15) is 4.79 Å². The molecule has 0 bridgehead atoms. The van der Waals surface area contributed by atoms with Crippen LogP contribution in [0.25, 0.3) is 0 Å². The number of nitrogens with one attached hydrogen (secondary N) is 1. The summed E-state index contributed by atoms with van der Waals surface area (Å²) in [5.41, 5.74) is 2.57. The second-order valence-corrected chi connectivity index (χ2v) is 5.77. The van der Waals surface area contributed by atoms with Gasteiger partial charge in [0, 0.05) is 20.1 Å². The van der Waals surface area contributed by atoms with Gasteiger partial charge in [0.25, 0.3) is 5.91 Å². The van der Waals surface area contributed by atoms with Gasteiger partial charge in [0.15, 0.2) is 0 Å². The highest BCUT2D eigenvalue weighted by Gasteiger charge is 2.14. The Labute approximate surface area is 147 Å². The van der Waals surface area contributed by atoms with Crippen LogP contribution < -0.4 is 5.32 Å². The maximum absolute atomic E-state index is 12.4. The third-order valence-electron chi connectivity index (χ3n) is 3.80. The molecule has 0 fully saturated rings. The minimum Gasteiger partial charge on any atom is -0.365 e. The van der Waals surface area contributed by atoms with Gasteiger partial charge in [0.2, 0.25) is 0 Å². The van der Waals surface area contributed by atoms with Crippen molar-refractivity contribution < 1.29 is 4.79 Å². The highest BCUT2D eigenvalue weighted by molar-refractivity contribution is 5.91. The first-order chi connectivity index (χ1) is 12.2. The molecular formula is C20H20N4O. The third kappa shape index (κ3) is 4.64. The van der Waals surface area contributed by atoms with Crippen molar-refractivity contribution in [3.8, 4) is 0 Å². The molecule has 0 radical (unpaired) electrons. The molecule has 1 heterocycles. The summed E-state index contributed by atoms with van der Waals surface area (Å²) in [5.74, 6) is 0.497. The van der Waals surface area contributed by atoms with E-state index in [1.54, 1.807) is 18.1 Å². The van der Waals surface area contributed by atoms with Gasteiger partial charge < -0.3 is 10.2 Å². The van der Waals surface area contributed by atoms with Gasteiger partial charge in [-0.3, -0.25) is 4.79 Å². The van der Waals surface area contributed by atoms with Gasteiger partial charge in [0.05, 0.1) is 12.4 Å². The number of nitrogens with zero attached hydrogens (tertiary/aromatic N) is 3. The van der Waals surface area contributed by atoms with Crippen LogP contribution in [0.2, 0.25) is 0 Å². The lowest BCUT2D eigenvalue weighted by Gasteiger charge is -2.16. The zero-order valence-electron chi connectivity index (χ0n) is 14.1. The van der Waals surface area contributed by atoms with Crippen LogP contribution >= 0.6 is 0 Å². The van der Waals surface area contributed by atoms with Gasteiger partial charge in [-0.05, 0) is 11.1 Å². The van der Waals surface area contributed by atoms with Crippen molar-refractivity contribution in [1.29, 1.82) is 0 Å². The molecule has 0 atom stereocenters. The number of aromatic nitrogens is 2. The van der Waals surface area contributed by atoms with Crippen molar-refractivity contribution in [2.24, 2.45) is 0 Å². The Hall–Kier alpha value is -3.21. The lowest BCUT2D eigenvalue weighted by Crippen LogP contribution is -2.27. The van der Waals surface area contributed by atoms with Crippen molar-refractivity contribution in [2.75, 3.05) is 12.4 Å². The Bertz CT molecular complexity index is 804. The summed E-state index contributed by atoms with van der Waals surface area (Å²) in [6, 6.07) is 19.9. The summed E-state index contributed by atoms with van der Waals surface area (Å²) in [5, 5.41) is 3.20. The molecule has 5 nitrogen and oxygen atoms in total. The smallest absolute Gasteiger partial charge is 0.274 e. The lowest BCUT2D eigenvalue weighted by molar-refractivity contribution is 0.0779. The molecule has 3 aromatic rings. The number of amides is 1. The summed E-state index contributed by atoms with van der Waals surface area (Å²) in [7, 11) is 1.76. The maximum Gasteiger partial charge on any atom is 0.274 e. The predicted octanol–water partition coefficient (Wildman–Crippen LogP) is 3.36. The van der Waals surface area contributed by atoms with Gasteiger partial charge in [-0.25, -0.2) is 9.97 Å². The van der Waals surface area contributed by atoms with E-state index in [4.69, 9.17) is 0 Å². The molecule has 25 heavy (non-hydrogen) atoms. The first-order valence-electron chi connectivity index (χ1n) is 8.11. The molecule has 0 aliphatic rings. The average Bonchev–Trinajstić information content (AvgIpc) is 2.68. The Morgan fingerprint density at radius 1 is 0.920 bits per heavy atom. The number of rotatable bonds is 6. The molecule has 0 aliphatic heterocycles. The summed E-state index contributed by atoms with van der Waals surface area (Å²) in [4.78, 5) is 22.6. The van der Waals surface area contributed by atoms with Crippen molar-refractivity contribution in [1.82, 2.24) is 14.9 Å². The molecule has 5 heteroatoms. The fourth-order valence-corrected chi connectivity index (χ4v) is 2.44. The summed E-state index contributed by atoms with van der Waals surface area (Å²) in [6.07, 6.45) is 3.10. The molecular weight excluding hydrogens is 312 g/mol. The first kappa shape index (κ1) is 16.6. The number of anilines is 1. The van der Waals surface area contributed by atoms with Crippen LogP contribution in [0.5, 0.6) is 0 Å². The number of hydrogen-bond acceptors (Lipinski definition) is 4. The van der Waals surface area contributed by atoms with Gasteiger partial charge >= 0.3 is 0 Å². The second kappa shape index (κ2) is 8.06. The van der Waals surface area contributed by atoms with E-state index in [1.807, 2.05) is 60.7 Å². The molecule has 0 saturated heterocycles. The summed E-state index contributed by atoms with van der Waals surface area (Å²) >= 11 is 0. The van der Waals surface area contributed by atoms with Crippen LogP contribution in [0.1, 0.15) is 21.6 Å². The van der Waals surface area contributed by atoms with Crippen molar-refractivity contribution in [2.45, 2.75) is 13.1 Å². The van der Waals surface area contributed by atoms with Crippen LogP contribution in [0.15, 0.2) is 73.1 Å². The van der Waals surface area contributed by atoms with Gasteiger partial charge in [-0.15, -0.1) is 0 Å².